The van der Waals surface area contributed by atoms with Crippen LogP contribution in [0.4, 0.5) is 0 Å². The SMILES string of the molecule is CC1(C)OB(C2(N)C=CC=CC2)OC1(C)C. The molecule has 0 aromatic heterocycles. The quantitative estimate of drug-likeness (QED) is 0.687. The first-order valence-corrected chi connectivity index (χ1v) is 5.76. The van der Waals surface area contributed by atoms with Crippen molar-refractivity contribution < 1.29 is 9.31 Å². The molecule has 1 unspecified atom stereocenters. The van der Waals surface area contributed by atoms with Crippen LogP contribution in [0.25, 0.3) is 0 Å². The predicted octanol–water partition coefficient (Wildman–Crippen LogP) is 1.83. The highest BCUT2D eigenvalue weighted by Crippen LogP contribution is 2.40. The van der Waals surface area contributed by atoms with E-state index in [1.807, 2.05) is 52.0 Å². The molecular formula is C12H20BNO2. The van der Waals surface area contributed by atoms with E-state index in [0.29, 0.717) is 0 Å². The molecule has 0 saturated carbocycles. The van der Waals surface area contributed by atoms with Gasteiger partial charge in [0.2, 0.25) is 0 Å². The minimum atomic E-state index is -0.542. The van der Waals surface area contributed by atoms with Crippen LogP contribution in [0.3, 0.4) is 0 Å². The third-order valence-electron chi connectivity index (χ3n) is 3.82. The van der Waals surface area contributed by atoms with Crippen LogP contribution in [-0.4, -0.2) is 23.8 Å². The fourth-order valence-electron chi connectivity index (χ4n) is 1.89. The molecular weight excluding hydrogens is 201 g/mol. The molecule has 0 bridgehead atoms. The number of hydrogen-bond donors (Lipinski definition) is 1. The van der Waals surface area contributed by atoms with Gasteiger partial charge in [-0.05, 0) is 34.1 Å². The lowest BCUT2D eigenvalue weighted by Gasteiger charge is -2.32. The number of allylic oxidation sites excluding steroid dienone is 2. The van der Waals surface area contributed by atoms with Crippen LogP contribution >= 0.6 is 0 Å². The molecule has 0 aromatic rings. The van der Waals surface area contributed by atoms with Crippen LogP contribution in [-0.2, 0) is 9.31 Å². The Morgan fingerprint density at radius 1 is 1.06 bits per heavy atom. The lowest BCUT2D eigenvalue weighted by Crippen LogP contribution is -2.54. The lowest BCUT2D eigenvalue weighted by molar-refractivity contribution is 0.00578. The number of rotatable bonds is 1. The van der Waals surface area contributed by atoms with Gasteiger partial charge >= 0.3 is 7.12 Å². The van der Waals surface area contributed by atoms with E-state index in [9.17, 15) is 0 Å². The second-order valence-electron chi connectivity index (χ2n) is 5.69. The normalized spacial score (nSPS) is 35.7. The summed E-state index contributed by atoms with van der Waals surface area (Å²) in [7, 11) is -0.376. The fourth-order valence-corrected chi connectivity index (χ4v) is 1.89. The third kappa shape index (κ3) is 1.75. The molecule has 1 heterocycles. The molecule has 2 N–H and O–H groups in total. The van der Waals surface area contributed by atoms with E-state index in [0.717, 1.165) is 6.42 Å². The van der Waals surface area contributed by atoms with Gasteiger partial charge in [-0.3, -0.25) is 0 Å². The summed E-state index contributed by atoms with van der Waals surface area (Å²) in [4.78, 5) is 0. The van der Waals surface area contributed by atoms with Gasteiger partial charge in [0.1, 0.15) is 0 Å². The molecule has 88 valence electrons. The van der Waals surface area contributed by atoms with Crippen LogP contribution in [0.1, 0.15) is 34.1 Å². The standard InChI is InChI=1S/C12H20BNO2/c1-10(2)11(3,4)16-13(15-10)12(14)8-6-5-7-9-12/h5-8H,9,14H2,1-4H3. The zero-order valence-corrected chi connectivity index (χ0v) is 10.5. The zero-order chi connectivity index (χ0) is 12.0. The van der Waals surface area contributed by atoms with Gasteiger partial charge in [0, 0.05) is 0 Å². The van der Waals surface area contributed by atoms with Crippen molar-refractivity contribution in [1.29, 1.82) is 0 Å². The zero-order valence-electron chi connectivity index (χ0n) is 10.5. The third-order valence-corrected chi connectivity index (χ3v) is 3.82. The van der Waals surface area contributed by atoms with E-state index < -0.39 is 5.44 Å². The highest BCUT2D eigenvalue weighted by molar-refractivity contribution is 6.50. The van der Waals surface area contributed by atoms with Gasteiger partial charge in [-0.25, -0.2) is 0 Å². The molecule has 0 aromatic carbocycles. The minimum Gasteiger partial charge on any atom is -0.402 e. The molecule has 1 aliphatic carbocycles. The summed E-state index contributed by atoms with van der Waals surface area (Å²) < 4.78 is 11.9. The second-order valence-corrected chi connectivity index (χ2v) is 5.69. The molecule has 3 nitrogen and oxygen atoms in total. The summed E-state index contributed by atoms with van der Waals surface area (Å²) >= 11 is 0. The van der Waals surface area contributed by atoms with Crippen molar-refractivity contribution in [3.63, 3.8) is 0 Å². The number of hydrogen-bond acceptors (Lipinski definition) is 3. The number of nitrogens with two attached hydrogens (primary N) is 1. The predicted molar refractivity (Wildman–Crippen MR) is 65.9 cm³/mol. The highest BCUT2D eigenvalue weighted by atomic mass is 16.7. The Kier molecular flexibility index (Phi) is 2.57. The van der Waals surface area contributed by atoms with Crippen LogP contribution in [0.2, 0.25) is 0 Å². The summed E-state index contributed by atoms with van der Waals surface area (Å²) in [6, 6.07) is 0. The summed E-state index contributed by atoms with van der Waals surface area (Å²) in [6.45, 7) is 8.16. The van der Waals surface area contributed by atoms with Gasteiger partial charge in [0.15, 0.2) is 0 Å². The maximum atomic E-state index is 6.32. The Labute approximate surface area is 97.8 Å². The van der Waals surface area contributed by atoms with Crippen LogP contribution in [0.5, 0.6) is 0 Å². The van der Waals surface area contributed by atoms with Crippen molar-refractivity contribution in [2.75, 3.05) is 0 Å². The fraction of sp³-hybridized carbons (Fsp3) is 0.667. The molecule has 2 aliphatic rings. The topological polar surface area (TPSA) is 44.5 Å². The van der Waals surface area contributed by atoms with E-state index in [1.165, 1.54) is 0 Å². The van der Waals surface area contributed by atoms with E-state index in [2.05, 4.69) is 0 Å². The van der Waals surface area contributed by atoms with Gasteiger partial charge < -0.3 is 15.0 Å². The minimum absolute atomic E-state index is 0.320. The van der Waals surface area contributed by atoms with Crippen LogP contribution < -0.4 is 5.73 Å². The Balaban J connectivity index is 2.20. The Hall–Kier alpha value is -0.575. The van der Waals surface area contributed by atoms with Crippen molar-refractivity contribution in [2.45, 2.75) is 50.8 Å². The first kappa shape index (κ1) is 11.9. The van der Waals surface area contributed by atoms with E-state index in [4.69, 9.17) is 15.0 Å². The highest BCUT2D eigenvalue weighted by Gasteiger charge is 2.57. The second kappa shape index (κ2) is 3.46. The van der Waals surface area contributed by atoms with Gasteiger partial charge in [0.05, 0.1) is 16.6 Å². The van der Waals surface area contributed by atoms with Crippen molar-refractivity contribution in [1.82, 2.24) is 0 Å². The first-order chi connectivity index (χ1) is 7.27. The Morgan fingerprint density at radius 2 is 1.62 bits per heavy atom. The van der Waals surface area contributed by atoms with E-state index in [-0.39, 0.29) is 18.3 Å². The summed E-state index contributed by atoms with van der Waals surface area (Å²) in [5, 5.41) is 0. The van der Waals surface area contributed by atoms with Crippen LogP contribution in [0, 0.1) is 0 Å². The van der Waals surface area contributed by atoms with Gasteiger partial charge in [0.25, 0.3) is 0 Å². The Bertz CT molecular complexity index is 333. The molecule has 1 fully saturated rings. The molecule has 1 saturated heterocycles. The molecule has 0 radical (unpaired) electrons. The van der Waals surface area contributed by atoms with Crippen molar-refractivity contribution in [3.8, 4) is 0 Å². The van der Waals surface area contributed by atoms with Crippen LogP contribution in [0.15, 0.2) is 24.3 Å². The summed E-state index contributed by atoms with van der Waals surface area (Å²) in [6.07, 6.45) is 8.71. The Morgan fingerprint density at radius 3 is 2.06 bits per heavy atom. The monoisotopic (exact) mass is 221 g/mol. The molecule has 2 rings (SSSR count). The summed E-state index contributed by atoms with van der Waals surface area (Å²) in [5.41, 5.74) is 5.14. The average molecular weight is 221 g/mol. The van der Waals surface area contributed by atoms with Gasteiger partial charge in [-0.15, -0.1) is 0 Å². The van der Waals surface area contributed by atoms with Crippen molar-refractivity contribution in [3.05, 3.63) is 24.3 Å². The maximum absolute atomic E-state index is 6.32. The first-order valence-electron chi connectivity index (χ1n) is 5.76. The summed E-state index contributed by atoms with van der Waals surface area (Å²) in [5.74, 6) is 0. The molecule has 1 atom stereocenters. The molecule has 0 spiro atoms. The maximum Gasteiger partial charge on any atom is 0.483 e. The molecule has 1 aliphatic heterocycles. The largest absolute Gasteiger partial charge is 0.483 e. The van der Waals surface area contributed by atoms with E-state index >= 15 is 0 Å². The van der Waals surface area contributed by atoms with Gasteiger partial charge in [-0.1, -0.05) is 24.3 Å². The van der Waals surface area contributed by atoms with E-state index in [1.54, 1.807) is 0 Å². The lowest BCUT2D eigenvalue weighted by atomic mass is 9.62. The van der Waals surface area contributed by atoms with Crippen molar-refractivity contribution >= 4 is 7.12 Å². The smallest absolute Gasteiger partial charge is 0.402 e. The van der Waals surface area contributed by atoms with Gasteiger partial charge in [-0.2, -0.15) is 0 Å². The average Bonchev–Trinajstić information content (AvgIpc) is 2.38. The molecule has 4 heteroatoms. The molecule has 0 amide bonds. The van der Waals surface area contributed by atoms with Crippen molar-refractivity contribution in [2.24, 2.45) is 5.73 Å². The molecule has 16 heavy (non-hydrogen) atoms.